The lowest BCUT2D eigenvalue weighted by atomic mass is 10.2. The number of nitrogens with zero attached hydrogens (tertiary/aromatic N) is 2. The first-order valence-corrected chi connectivity index (χ1v) is 6.55. The van der Waals surface area contributed by atoms with E-state index in [-0.39, 0.29) is 0 Å². The maximum Gasteiger partial charge on any atom is 0.203 e. The van der Waals surface area contributed by atoms with Gasteiger partial charge in [-0.2, -0.15) is 0 Å². The molecule has 1 atom stereocenters. The number of imidazole rings is 1. The minimum absolute atomic E-state index is 0.365. The van der Waals surface area contributed by atoms with Gasteiger partial charge in [0.05, 0.1) is 18.3 Å². The number of methoxy groups -OCH3 is 1. The Hall–Kier alpha value is -1.03. The molecule has 4 nitrogen and oxygen atoms in total. The van der Waals surface area contributed by atoms with Crippen LogP contribution in [0.2, 0.25) is 0 Å². The molecule has 4 heteroatoms. The Balaban J connectivity index is 2.04. The van der Waals surface area contributed by atoms with Gasteiger partial charge >= 0.3 is 0 Å². The first kappa shape index (κ1) is 12.4. The Morgan fingerprint density at radius 2 is 2.35 bits per heavy atom. The second-order valence-electron chi connectivity index (χ2n) is 4.93. The first-order valence-electron chi connectivity index (χ1n) is 6.55. The van der Waals surface area contributed by atoms with Gasteiger partial charge in [-0.3, -0.25) is 0 Å². The zero-order valence-corrected chi connectivity index (χ0v) is 11.1. The normalized spacial score (nSPS) is 17.1. The van der Waals surface area contributed by atoms with Gasteiger partial charge in [0, 0.05) is 19.3 Å². The maximum atomic E-state index is 5.25. The summed E-state index contributed by atoms with van der Waals surface area (Å²) >= 11 is 0. The van der Waals surface area contributed by atoms with Crippen molar-refractivity contribution >= 4 is 5.95 Å². The zero-order valence-electron chi connectivity index (χ0n) is 11.1. The van der Waals surface area contributed by atoms with E-state index in [4.69, 9.17) is 4.74 Å². The van der Waals surface area contributed by atoms with Crippen LogP contribution in [-0.2, 0) is 4.74 Å². The van der Waals surface area contributed by atoms with Crippen molar-refractivity contribution in [2.24, 2.45) is 0 Å². The molecule has 1 unspecified atom stereocenters. The summed E-state index contributed by atoms with van der Waals surface area (Å²) in [7, 11) is 1.75. The van der Waals surface area contributed by atoms with E-state index < -0.39 is 0 Å². The van der Waals surface area contributed by atoms with E-state index in [1.807, 2.05) is 0 Å². The van der Waals surface area contributed by atoms with Crippen molar-refractivity contribution < 1.29 is 4.74 Å². The van der Waals surface area contributed by atoms with Gasteiger partial charge in [-0.25, -0.2) is 4.98 Å². The standard InChI is InChI=1S/C13H23N3O/c1-4-5-11(9-17-3)15-13-14-10(2)8-16(13)12-6-7-12/h8,11-12H,4-7,9H2,1-3H3,(H,14,15). The van der Waals surface area contributed by atoms with Crippen molar-refractivity contribution in [1.29, 1.82) is 0 Å². The van der Waals surface area contributed by atoms with E-state index >= 15 is 0 Å². The van der Waals surface area contributed by atoms with Crippen LogP contribution >= 0.6 is 0 Å². The second kappa shape index (κ2) is 5.54. The van der Waals surface area contributed by atoms with E-state index in [9.17, 15) is 0 Å². The summed E-state index contributed by atoms with van der Waals surface area (Å²) in [5.41, 5.74) is 1.09. The van der Waals surface area contributed by atoms with E-state index in [0.29, 0.717) is 12.1 Å². The minimum atomic E-state index is 0.365. The number of nitrogens with one attached hydrogen (secondary N) is 1. The Labute approximate surface area is 103 Å². The third-order valence-electron chi connectivity index (χ3n) is 3.13. The molecule has 1 aromatic heterocycles. The molecule has 1 N–H and O–H groups in total. The fourth-order valence-electron chi connectivity index (χ4n) is 2.18. The van der Waals surface area contributed by atoms with Gasteiger partial charge < -0.3 is 14.6 Å². The minimum Gasteiger partial charge on any atom is -0.383 e. The summed E-state index contributed by atoms with van der Waals surface area (Å²) in [6.07, 6.45) is 6.99. The van der Waals surface area contributed by atoms with Crippen LogP contribution in [0.5, 0.6) is 0 Å². The van der Waals surface area contributed by atoms with Crippen molar-refractivity contribution in [3.63, 3.8) is 0 Å². The average Bonchev–Trinajstić information content (AvgIpc) is 3.05. The number of aryl methyl sites for hydroxylation is 1. The van der Waals surface area contributed by atoms with E-state index in [2.05, 4.69) is 34.9 Å². The first-order chi connectivity index (χ1) is 8.24. The highest BCUT2D eigenvalue weighted by Gasteiger charge is 2.26. The van der Waals surface area contributed by atoms with Crippen molar-refractivity contribution in [1.82, 2.24) is 9.55 Å². The van der Waals surface area contributed by atoms with Crippen molar-refractivity contribution in [3.05, 3.63) is 11.9 Å². The molecule has 1 aliphatic carbocycles. The lowest BCUT2D eigenvalue weighted by Crippen LogP contribution is -2.26. The molecule has 1 heterocycles. The van der Waals surface area contributed by atoms with Crippen LogP contribution < -0.4 is 5.32 Å². The number of hydrogen-bond donors (Lipinski definition) is 1. The van der Waals surface area contributed by atoms with Crippen LogP contribution in [0.15, 0.2) is 6.20 Å². The highest BCUT2D eigenvalue weighted by Crippen LogP contribution is 2.37. The van der Waals surface area contributed by atoms with Crippen LogP contribution in [0.1, 0.15) is 44.3 Å². The van der Waals surface area contributed by atoms with Crippen LogP contribution in [0.4, 0.5) is 5.95 Å². The Morgan fingerprint density at radius 1 is 1.59 bits per heavy atom. The Morgan fingerprint density at radius 3 is 2.94 bits per heavy atom. The molecule has 0 bridgehead atoms. The van der Waals surface area contributed by atoms with E-state index in [1.54, 1.807) is 7.11 Å². The topological polar surface area (TPSA) is 39.1 Å². The molecule has 2 rings (SSSR count). The number of anilines is 1. The quantitative estimate of drug-likeness (QED) is 0.792. The van der Waals surface area contributed by atoms with Gasteiger partial charge in [-0.1, -0.05) is 13.3 Å². The second-order valence-corrected chi connectivity index (χ2v) is 4.93. The molecule has 96 valence electrons. The largest absolute Gasteiger partial charge is 0.383 e. The van der Waals surface area contributed by atoms with Crippen molar-refractivity contribution in [2.75, 3.05) is 19.0 Å². The fourth-order valence-corrected chi connectivity index (χ4v) is 2.18. The lowest BCUT2D eigenvalue weighted by molar-refractivity contribution is 0.182. The monoisotopic (exact) mass is 237 g/mol. The Bertz CT molecular complexity index is 352. The van der Waals surface area contributed by atoms with Crippen LogP contribution in [0, 0.1) is 6.92 Å². The number of hydrogen-bond acceptors (Lipinski definition) is 3. The molecule has 0 aromatic carbocycles. The molecular formula is C13H23N3O. The van der Waals surface area contributed by atoms with Crippen LogP contribution in [-0.4, -0.2) is 29.3 Å². The van der Waals surface area contributed by atoms with Gasteiger partial charge in [0.2, 0.25) is 5.95 Å². The lowest BCUT2D eigenvalue weighted by Gasteiger charge is -2.18. The van der Waals surface area contributed by atoms with Gasteiger partial charge in [-0.05, 0) is 26.2 Å². The highest BCUT2D eigenvalue weighted by molar-refractivity contribution is 5.32. The molecule has 1 aromatic rings. The fraction of sp³-hybridized carbons (Fsp3) is 0.769. The third-order valence-corrected chi connectivity index (χ3v) is 3.13. The zero-order chi connectivity index (χ0) is 12.3. The number of rotatable bonds is 7. The third kappa shape index (κ3) is 3.22. The maximum absolute atomic E-state index is 5.25. The molecule has 0 saturated heterocycles. The smallest absolute Gasteiger partial charge is 0.203 e. The summed E-state index contributed by atoms with van der Waals surface area (Å²) in [4.78, 5) is 4.57. The molecule has 0 aliphatic heterocycles. The van der Waals surface area contributed by atoms with E-state index in [0.717, 1.165) is 31.1 Å². The SMILES string of the molecule is CCCC(COC)Nc1nc(C)cn1C1CC1. The number of aromatic nitrogens is 2. The Kier molecular flexibility index (Phi) is 4.05. The van der Waals surface area contributed by atoms with Crippen LogP contribution in [0.3, 0.4) is 0 Å². The summed E-state index contributed by atoms with van der Waals surface area (Å²) in [6.45, 7) is 4.99. The molecule has 1 saturated carbocycles. The van der Waals surface area contributed by atoms with Gasteiger partial charge in [0.25, 0.3) is 0 Å². The van der Waals surface area contributed by atoms with Gasteiger partial charge in [-0.15, -0.1) is 0 Å². The molecule has 17 heavy (non-hydrogen) atoms. The van der Waals surface area contributed by atoms with Crippen LogP contribution in [0.25, 0.3) is 0 Å². The number of ether oxygens (including phenoxy) is 1. The predicted octanol–water partition coefficient (Wildman–Crippen LogP) is 2.75. The van der Waals surface area contributed by atoms with Crippen molar-refractivity contribution in [3.8, 4) is 0 Å². The van der Waals surface area contributed by atoms with Gasteiger partial charge in [0.15, 0.2) is 0 Å². The molecule has 0 amide bonds. The molecule has 1 aliphatic rings. The molecule has 1 fully saturated rings. The van der Waals surface area contributed by atoms with Crippen molar-refractivity contribution in [2.45, 2.75) is 51.6 Å². The summed E-state index contributed by atoms with van der Waals surface area (Å²) < 4.78 is 7.54. The predicted molar refractivity (Wildman–Crippen MR) is 69.4 cm³/mol. The van der Waals surface area contributed by atoms with E-state index in [1.165, 1.54) is 12.8 Å². The average molecular weight is 237 g/mol. The molecule has 0 spiro atoms. The molecular weight excluding hydrogens is 214 g/mol. The summed E-state index contributed by atoms with van der Waals surface area (Å²) in [5, 5.41) is 3.52. The molecule has 0 radical (unpaired) electrons. The summed E-state index contributed by atoms with van der Waals surface area (Å²) in [6, 6.07) is 1.04. The highest BCUT2D eigenvalue weighted by atomic mass is 16.5. The van der Waals surface area contributed by atoms with Gasteiger partial charge in [0.1, 0.15) is 0 Å². The summed E-state index contributed by atoms with van der Waals surface area (Å²) in [5.74, 6) is 1.01.